The van der Waals surface area contributed by atoms with Gasteiger partial charge in [-0.25, -0.2) is 0 Å². The summed E-state index contributed by atoms with van der Waals surface area (Å²) in [5.74, 6) is 0.759. The van der Waals surface area contributed by atoms with Crippen LogP contribution < -0.4 is 4.74 Å². The van der Waals surface area contributed by atoms with E-state index >= 15 is 0 Å². The van der Waals surface area contributed by atoms with Gasteiger partial charge >= 0.3 is 0 Å². The van der Waals surface area contributed by atoms with Crippen molar-refractivity contribution in [1.82, 2.24) is 9.88 Å². The van der Waals surface area contributed by atoms with Crippen LogP contribution in [0.3, 0.4) is 0 Å². The van der Waals surface area contributed by atoms with Crippen LogP contribution in [-0.2, 0) is 13.0 Å². The number of carbonyl (C=O) groups excluding carboxylic acids is 1. The second kappa shape index (κ2) is 7.99. The average Bonchev–Trinajstić information content (AvgIpc) is 2.82. The number of aromatic nitrogens is 1. The minimum Gasteiger partial charge on any atom is -0.490 e. The Bertz CT molecular complexity index is 1180. The molecule has 30 heavy (non-hydrogen) atoms. The summed E-state index contributed by atoms with van der Waals surface area (Å²) in [6.07, 6.45) is 4.20. The Labute approximate surface area is 175 Å². The molecule has 0 spiro atoms. The van der Waals surface area contributed by atoms with E-state index in [2.05, 4.69) is 23.2 Å². The third-order valence-electron chi connectivity index (χ3n) is 5.71. The molecular weight excluding hydrogens is 372 g/mol. The van der Waals surface area contributed by atoms with Crippen molar-refractivity contribution in [3.63, 3.8) is 0 Å². The zero-order valence-electron chi connectivity index (χ0n) is 16.6. The lowest BCUT2D eigenvalue weighted by Gasteiger charge is -2.37. The number of nitrogens with zero attached hydrogens (tertiary/aromatic N) is 2. The summed E-state index contributed by atoms with van der Waals surface area (Å²) in [6.45, 7) is 1.01. The highest BCUT2D eigenvalue weighted by atomic mass is 16.5. The van der Waals surface area contributed by atoms with E-state index in [1.807, 2.05) is 65.6 Å². The molecule has 1 aliphatic heterocycles. The molecule has 3 aromatic carbocycles. The minimum absolute atomic E-state index is 0.0427. The zero-order valence-corrected chi connectivity index (χ0v) is 16.6. The van der Waals surface area contributed by atoms with Gasteiger partial charge in [-0.1, -0.05) is 60.7 Å². The highest BCUT2D eigenvalue weighted by Gasteiger charge is 2.31. The fraction of sp³-hybridized carbons (Fsp3) is 0.154. The van der Waals surface area contributed by atoms with Gasteiger partial charge in [-0.15, -0.1) is 0 Å². The summed E-state index contributed by atoms with van der Waals surface area (Å²) < 4.78 is 6.01. The van der Waals surface area contributed by atoms with Crippen LogP contribution in [0.5, 0.6) is 5.75 Å². The van der Waals surface area contributed by atoms with E-state index in [0.29, 0.717) is 18.9 Å². The SMILES string of the molecule is O=C(c1cccc2ccccc12)N1Cc2ccccc2CC1COc1cccnc1. The largest absolute Gasteiger partial charge is 0.490 e. The Morgan fingerprint density at radius 3 is 2.60 bits per heavy atom. The lowest BCUT2D eigenvalue weighted by atomic mass is 9.93. The van der Waals surface area contributed by atoms with Crippen molar-refractivity contribution in [3.05, 3.63) is 108 Å². The van der Waals surface area contributed by atoms with Gasteiger partial charge in [0.05, 0.1) is 12.2 Å². The molecule has 1 aromatic heterocycles. The van der Waals surface area contributed by atoms with Gasteiger partial charge in [-0.2, -0.15) is 0 Å². The van der Waals surface area contributed by atoms with Crippen LogP contribution in [-0.4, -0.2) is 28.4 Å². The number of amides is 1. The topological polar surface area (TPSA) is 42.4 Å². The van der Waals surface area contributed by atoms with Crippen molar-refractivity contribution in [2.75, 3.05) is 6.61 Å². The molecule has 0 N–H and O–H groups in total. The Kier molecular flexibility index (Phi) is 4.89. The van der Waals surface area contributed by atoms with Gasteiger partial charge in [0, 0.05) is 18.3 Å². The first-order valence-corrected chi connectivity index (χ1v) is 10.2. The van der Waals surface area contributed by atoms with Gasteiger partial charge in [0.15, 0.2) is 0 Å². The number of pyridine rings is 1. The highest BCUT2D eigenvalue weighted by molar-refractivity contribution is 6.07. The van der Waals surface area contributed by atoms with E-state index in [0.717, 1.165) is 22.8 Å². The Morgan fingerprint density at radius 1 is 0.933 bits per heavy atom. The number of ether oxygens (including phenoxy) is 1. The molecule has 0 bridgehead atoms. The second-order valence-electron chi connectivity index (χ2n) is 7.59. The standard InChI is InChI=1S/C26H22N2O2/c29-26(25-13-5-10-19-7-3-4-12-24(19)25)28-17-21-9-2-1-8-20(21)15-22(28)18-30-23-11-6-14-27-16-23/h1-14,16,22H,15,17-18H2. The van der Waals surface area contributed by atoms with Gasteiger partial charge < -0.3 is 9.64 Å². The van der Waals surface area contributed by atoms with E-state index in [-0.39, 0.29) is 11.9 Å². The maximum atomic E-state index is 13.7. The van der Waals surface area contributed by atoms with Crippen LogP contribution in [0.4, 0.5) is 0 Å². The van der Waals surface area contributed by atoms with Crippen molar-refractivity contribution >= 4 is 16.7 Å². The molecular formula is C26H22N2O2. The number of fused-ring (bicyclic) bond motifs is 2. The zero-order chi connectivity index (χ0) is 20.3. The predicted octanol–water partition coefficient (Wildman–Crippen LogP) is 4.88. The maximum absolute atomic E-state index is 13.7. The highest BCUT2D eigenvalue weighted by Crippen LogP contribution is 2.28. The molecule has 5 rings (SSSR count). The first-order valence-electron chi connectivity index (χ1n) is 10.2. The van der Waals surface area contributed by atoms with Gasteiger partial charge in [0.1, 0.15) is 12.4 Å². The number of benzene rings is 3. The summed E-state index contributed by atoms with van der Waals surface area (Å²) in [6, 6.07) is 26.0. The van der Waals surface area contributed by atoms with Crippen LogP contribution in [0.2, 0.25) is 0 Å². The van der Waals surface area contributed by atoms with Crippen molar-refractivity contribution in [2.45, 2.75) is 19.0 Å². The summed E-state index contributed by atoms with van der Waals surface area (Å²) in [4.78, 5) is 19.8. The maximum Gasteiger partial charge on any atom is 0.255 e. The van der Waals surface area contributed by atoms with Gasteiger partial charge in [0.2, 0.25) is 0 Å². The molecule has 2 heterocycles. The predicted molar refractivity (Wildman–Crippen MR) is 117 cm³/mol. The molecule has 0 radical (unpaired) electrons. The molecule has 148 valence electrons. The van der Waals surface area contributed by atoms with E-state index < -0.39 is 0 Å². The molecule has 4 aromatic rings. The van der Waals surface area contributed by atoms with Crippen LogP contribution in [0.25, 0.3) is 10.8 Å². The first kappa shape index (κ1) is 18.4. The van der Waals surface area contributed by atoms with Crippen molar-refractivity contribution in [1.29, 1.82) is 0 Å². The van der Waals surface area contributed by atoms with Crippen LogP contribution >= 0.6 is 0 Å². The number of rotatable bonds is 4. The first-order chi connectivity index (χ1) is 14.8. The van der Waals surface area contributed by atoms with Gasteiger partial charge in [-0.05, 0) is 46.5 Å². The fourth-order valence-electron chi connectivity index (χ4n) is 4.17. The second-order valence-corrected chi connectivity index (χ2v) is 7.59. The monoisotopic (exact) mass is 394 g/mol. The molecule has 0 saturated heterocycles. The summed E-state index contributed by atoms with van der Waals surface area (Å²) in [5, 5.41) is 2.06. The van der Waals surface area contributed by atoms with Crippen molar-refractivity contribution < 1.29 is 9.53 Å². The van der Waals surface area contributed by atoms with Gasteiger partial charge in [0.25, 0.3) is 5.91 Å². The van der Waals surface area contributed by atoms with Crippen LogP contribution in [0.1, 0.15) is 21.5 Å². The van der Waals surface area contributed by atoms with Crippen molar-refractivity contribution in [3.8, 4) is 5.75 Å². The summed E-state index contributed by atoms with van der Waals surface area (Å²) in [5.41, 5.74) is 3.21. The molecule has 0 saturated carbocycles. The quantitative estimate of drug-likeness (QED) is 0.495. The Balaban J connectivity index is 1.48. The molecule has 4 nitrogen and oxygen atoms in total. The molecule has 0 aliphatic carbocycles. The van der Waals surface area contributed by atoms with E-state index in [9.17, 15) is 4.79 Å². The van der Waals surface area contributed by atoms with E-state index in [1.54, 1.807) is 12.4 Å². The Hall–Kier alpha value is -3.66. The molecule has 4 heteroatoms. The van der Waals surface area contributed by atoms with Crippen LogP contribution in [0.15, 0.2) is 91.3 Å². The molecule has 0 fully saturated rings. The summed E-state index contributed by atoms with van der Waals surface area (Å²) in [7, 11) is 0. The molecule has 1 atom stereocenters. The minimum atomic E-state index is -0.0495. The lowest BCUT2D eigenvalue weighted by molar-refractivity contribution is 0.0568. The van der Waals surface area contributed by atoms with Crippen molar-refractivity contribution in [2.24, 2.45) is 0 Å². The van der Waals surface area contributed by atoms with E-state index in [1.165, 1.54) is 11.1 Å². The average molecular weight is 394 g/mol. The fourth-order valence-corrected chi connectivity index (χ4v) is 4.17. The number of hydrogen-bond donors (Lipinski definition) is 0. The Morgan fingerprint density at radius 2 is 1.73 bits per heavy atom. The normalized spacial score (nSPS) is 15.6. The molecule has 1 aliphatic rings. The third kappa shape index (κ3) is 3.52. The lowest BCUT2D eigenvalue weighted by Crippen LogP contribution is -2.47. The smallest absolute Gasteiger partial charge is 0.255 e. The molecule has 1 unspecified atom stereocenters. The van der Waals surface area contributed by atoms with Gasteiger partial charge in [-0.3, -0.25) is 9.78 Å². The van der Waals surface area contributed by atoms with E-state index in [4.69, 9.17) is 4.74 Å². The number of hydrogen-bond acceptors (Lipinski definition) is 3. The third-order valence-corrected chi connectivity index (χ3v) is 5.71. The molecule has 1 amide bonds. The number of carbonyl (C=O) groups is 1. The van der Waals surface area contributed by atoms with Crippen LogP contribution in [0, 0.1) is 0 Å². The summed E-state index contributed by atoms with van der Waals surface area (Å²) >= 11 is 0.